The van der Waals surface area contributed by atoms with Crippen molar-refractivity contribution in [3.05, 3.63) is 65.0 Å². The molecule has 47 heavy (non-hydrogen) atoms. The maximum absolute atomic E-state index is 14.0. The highest BCUT2D eigenvalue weighted by atomic mass is 32.2. The van der Waals surface area contributed by atoms with Crippen LogP contribution in [-0.4, -0.2) is 77.7 Å². The third kappa shape index (κ3) is 11.1. The molecule has 3 atom stereocenters. The number of nitrogens with zero attached hydrogens (tertiary/aromatic N) is 1. The maximum Gasteiger partial charge on any atom is 0.471 e. The molecule has 1 fully saturated rings. The Morgan fingerprint density at radius 1 is 1.02 bits per heavy atom. The molecule has 0 bridgehead atoms. The summed E-state index contributed by atoms with van der Waals surface area (Å²) >= 11 is 1.26. The number of thioether (sulfide) groups is 1. The number of halogens is 6. The summed E-state index contributed by atoms with van der Waals surface area (Å²) in [7, 11) is 0. The molecule has 2 aromatic carbocycles. The fraction of sp³-hybridized carbons (Fsp3) is 0.467. The second-order valence-corrected chi connectivity index (χ2v) is 12.2. The number of anilines is 1. The monoisotopic (exact) mass is 691 g/mol. The van der Waals surface area contributed by atoms with Crippen LogP contribution in [0.2, 0.25) is 0 Å². The molecule has 0 aliphatic carbocycles. The zero-order valence-corrected chi connectivity index (χ0v) is 26.3. The van der Waals surface area contributed by atoms with E-state index < -0.39 is 77.9 Å². The summed E-state index contributed by atoms with van der Waals surface area (Å²) in [6.45, 7) is 2.93. The summed E-state index contributed by atoms with van der Waals surface area (Å²) in [4.78, 5) is 50.6. The van der Waals surface area contributed by atoms with E-state index in [1.54, 1.807) is 43.4 Å². The Balaban J connectivity index is 1.47. The van der Waals surface area contributed by atoms with Gasteiger partial charge in [0.1, 0.15) is 18.5 Å². The molecule has 0 radical (unpaired) electrons. The minimum Gasteiger partial charge on any atom is -0.462 e. The average Bonchev–Trinajstić information content (AvgIpc) is 3.50. The van der Waals surface area contributed by atoms with E-state index in [2.05, 4.69) is 10.6 Å². The van der Waals surface area contributed by atoms with Crippen molar-refractivity contribution in [2.45, 2.75) is 56.9 Å². The van der Waals surface area contributed by atoms with E-state index in [1.807, 2.05) is 0 Å². The van der Waals surface area contributed by atoms with Crippen LogP contribution in [0.3, 0.4) is 0 Å². The third-order valence-electron chi connectivity index (χ3n) is 7.00. The predicted molar refractivity (Wildman–Crippen MR) is 161 cm³/mol. The lowest BCUT2D eigenvalue weighted by Crippen LogP contribution is -2.46. The van der Waals surface area contributed by atoms with Crippen molar-refractivity contribution in [3.8, 4) is 0 Å². The van der Waals surface area contributed by atoms with Gasteiger partial charge in [0, 0.05) is 43.1 Å². The molecule has 0 spiro atoms. The number of hydrogen-bond donors (Lipinski definition) is 4. The maximum atomic E-state index is 14.0. The van der Waals surface area contributed by atoms with Crippen LogP contribution in [0.15, 0.2) is 36.4 Å². The van der Waals surface area contributed by atoms with Gasteiger partial charge in [-0.05, 0) is 41.7 Å². The largest absolute Gasteiger partial charge is 0.471 e. The molecular formula is C30H35F6N5O5S. The van der Waals surface area contributed by atoms with E-state index in [1.165, 1.54) is 16.7 Å². The lowest BCUT2D eigenvalue weighted by molar-refractivity contribution is -0.173. The molecule has 1 saturated heterocycles. The normalized spacial score (nSPS) is 16.0. The van der Waals surface area contributed by atoms with Gasteiger partial charge >= 0.3 is 18.1 Å². The van der Waals surface area contributed by atoms with E-state index >= 15 is 0 Å². The molecule has 17 heteroatoms. The first-order chi connectivity index (χ1) is 22.1. The van der Waals surface area contributed by atoms with Crippen LogP contribution in [0.4, 0.5) is 32.0 Å². The second kappa shape index (κ2) is 16.7. The zero-order valence-electron chi connectivity index (χ0n) is 25.5. The quantitative estimate of drug-likeness (QED) is 0.102. The van der Waals surface area contributed by atoms with Crippen LogP contribution in [0.1, 0.15) is 31.4 Å². The van der Waals surface area contributed by atoms with Crippen LogP contribution in [0.5, 0.6) is 0 Å². The van der Waals surface area contributed by atoms with E-state index in [0.29, 0.717) is 29.1 Å². The first kappa shape index (κ1) is 37.5. The summed E-state index contributed by atoms with van der Waals surface area (Å²) < 4.78 is 82.5. The number of esters is 1. The van der Waals surface area contributed by atoms with E-state index in [4.69, 9.17) is 10.5 Å². The highest BCUT2D eigenvalue weighted by Crippen LogP contribution is 2.26. The highest BCUT2D eigenvalue weighted by Gasteiger charge is 2.38. The van der Waals surface area contributed by atoms with Crippen molar-refractivity contribution in [1.82, 2.24) is 15.5 Å². The van der Waals surface area contributed by atoms with Gasteiger partial charge in [-0.15, -0.1) is 11.8 Å². The molecule has 258 valence electrons. The van der Waals surface area contributed by atoms with Crippen LogP contribution in [0.25, 0.3) is 0 Å². The first-order valence-electron chi connectivity index (χ1n) is 14.5. The van der Waals surface area contributed by atoms with Gasteiger partial charge in [0.25, 0.3) is 5.91 Å². The number of benzene rings is 2. The molecule has 5 N–H and O–H groups in total. The number of hydrogen-bond acceptors (Lipinski definition) is 8. The number of rotatable bonds is 14. The summed E-state index contributed by atoms with van der Waals surface area (Å²) in [6.07, 6.45) is -5.48. The van der Waals surface area contributed by atoms with Crippen molar-refractivity contribution < 1.29 is 50.3 Å². The number of nitrogens with one attached hydrogen (secondary N) is 3. The molecule has 2 aromatic rings. The van der Waals surface area contributed by atoms with Crippen molar-refractivity contribution in [1.29, 1.82) is 0 Å². The van der Waals surface area contributed by atoms with Crippen molar-refractivity contribution in [2.75, 3.05) is 30.8 Å². The van der Waals surface area contributed by atoms with Gasteiger partial charge < -0.3 is 31.3 Å². The molecule has 1 aliphatic heterocycles. The zero-order chi connectivity index (χ0) is 34.9. The van der Waals surface area contributed by atoms with E-state index in [9.17, 15) is 45.5 Å². The smallest absolute Gasteiger partial charge is 0.462 e. The number of carbonyl (C=O) groups is 4. The van der Waals surface area contributed by atoms with Gasteiger partial charge in [0.2, 0.25) is 5.91 Å². The Kier molecular flexibility index (Phi) is 13.3. The Labute approximate surface area is 271 Å². The molecule has 0 saturated carbocycles. The molecule has 1 heterocycles. The average molecular weight is 692 g/mol. The third-order valence-corrected chi connectivity index (χ3v) is 8.20. The van der Waals surface area contributed by atoms with Gasteiger partial charge in [-0.2, -0.15) is 13.2 Å². The van der Waals surface area contributed by atoms with Crippen LogP contribution in [0, 0.1) is 23.4 Å². The highest BCUT2D eigenvalue weighted by molar-refractivity contribution is 8.00. The number of nitrogens with two attached hydrogens (primary N) is 1. The van der Waals surface area contributed by atoms with Gasteiger partial charge in [-0.1, -0.05) is 26.0 Å². The summed E-state index contributed by atoms with van der Waals surface area (Å²) in [6, 6.07) is 6.09. The summed E-state index contributed by atoms with van der Waals surface area (Å²) in [5.41, 5.74) is 7.06. The molecule has 3 unspecified atom stereocenters. The number of amides is 3. The van der Waals surface area contributed by atoms with Gasteiger partial charge in [0.15, 0.2) is 17.0 Å². The fourth-order valence-corrected chi connectivity index (χ4v) is 5.70. The molecule has 3 rings (SSSR count). The Hall–Kier alpha value is -3.99. The van der Waals surface area contributed by atoms with Crippen molar-refractivity contribution in [3.63, 3.8) is 0 Å². The van der Waals surface area contributed by atoms with Gasteiger partial charge in [-0.3, -0.25) is 14.4 Å². The summed E-state index contributed by atoms with van der Waals surface area (Å²) in [5.74, 6) is -7.00. The van der Waals surface area contributed by atoms with Crippen LogP contribution in [-0.2, 0) is 36.9 Å². The van der Waals surface area contributed by atoms with Crippen LogP contribution >= 0.6 is 11.8 Å². The molecule has 10 nitrogen and oxygen atoms in total. The predicted octanol–water partition coefficient (Wildman–Crippen LogP) is 3.24. The standard InChI is InChI=1S/C30H35F6N5O5S/c1-16(2)25(28(44)46-9-7-38-29(45)30(34,35)36)40-20-5-3-17(4-6-20)15-39-26(43)27-41(8-10-47-27)24(42)13-19(37)11-18-12-22(32)23(33)14-21(18)31/h3-6,12,14,16,19,25,27,40H,7-11,13,15,37H2,1-2H3,(H,38,45)(H,39,43). The Morgan fingerprint density at radius 3 is 2.32 bits per heavy atom. The minimum atomic E-state index is -5.04. The van der Waals surface area contributed by atoms with Crippen LogP contribution < -0.4 is 21.7 Å². The van der Waals surface area contributed by atoms with Gasteiger partial charge in [0.05, 0.1) is 6.54 Å². The first-order valence-corrected chi connectivity index (χ1v) is 15.6. The Morgan fingerprint density at radius 2 is 1.68 bits per heavy atom. The number of alkyl halides is 3. The van der Waals surface area contributed by atoms with E-state index in [-0.39, 0.29) is 37.4 Å². The topological polar surface area (TPSA) is 143 Å². The molecule has 0 aromatic heterocycles. The van der Waals surface area contributed by atoms with Gasteiger partial charge in [-0.25, -0.2) is 18.0 Å². The van der Waals surface area contributed by atoms with Crippen molar-refractivity contribution in [2.24, 2.45) is 11.7 Å². The van der Waals surface area contributed by atoms with Crippen molar-refractivity contribution >= 4 is 41.1 Å². The molecule has 1 aliphatic rings. The Bertz CT molecular complexity index is 1430. The number of carbonyl (C=O) groups excluding carboxylic acids is 4. The fourth-order valence-electron chi connectivity index (χ4n) is 4.54. The molecule has 3 amide bonds. The summed E-state index contributed by atoms with van der Waals surface area (Å²) in [5, 5.41) is 6.57. The SMILES string of the molecule is CC(C)C(Nc1ccc(CNC(=O)C2SCCN2C(=O)CC(N)Cc2cc(F)c(F)cc2F)cc1)C(=O)OCCNC(=O)C(F)(F)F. The van der Waals surface area contributed by atoms with E-state index in [0.717, 1.165) is 0 Å². The minimum absolute atomic E-state index is 0.117. The lowest BCUT2D eigenvalue weighted by Gasteiger charge is -2.24. The second-order valence-electron chi connectivity index (χ2n) is 11.0. The number of ether oxygens (including phenoxy) is 1. The lowest BCUT2D eigenvalue weighted by atomic mass is 10.0. The molecular weight excluding hydrogens is 656 g/mol.